The average Bonchev–Trinajstić information content (AvgIpc) is 2.89. The van der Waals surface area contributed by atoms with Crippen LogP contribution in [0.25, 0.3) is 10.9 Å². The van der Waals surface area contributed by atoms with Gasteiger partial charge in [0.15, 0.2) is 0 Å². The molecule has 0 saturated heterocycles. The number of primary amides is 1. The monoisotopic (exact) mass is 515 g/mol. The molecule has 2 N–H and O–H groups in total. The van der Waals surface area contributed by atoms with Crippen molar-refractivity contribution in [3.8, 4) is 5.75 Å². The standard InChI is InChI=1S/C26H24F3N3O5/c27-26(28,29)25(35)37-32(24(34)21-6-2-1-5-20(21)23(30)33)18-9-7-16(8-10-18)15-36-19-11-12-22-17(14-19)4-3-13-31-22/h3-4,7-14,20-21H,1-2,5-6,15H2,(H2,30,33). The van der Waals surface area contributed by atoms with Gasteiger partial charge in [0.05, 0.1) is 17.1 Å². The van der Waals surface area contributed by atoms with E-state index in [2.05, 4.69) is 9.82 Å². The summed E-state index contributed by atoms with van der Waals surface area (Å²) >= 11 is 0. The van der Waals surface area contributed by atoms with Gasteiger partial charge in [-0.25, -0.2) is 4.79 Å². The lowest BCUT2D eigenvalue weighted by Gasteiger charge is -2.32. The van der Waals surface area contributed by atoms with E-state index in [4.69, 9.17) is 10.5 Å². The number of anilines is 1. The second-order valence-electron chi connectivity index (χ2n) is 8.72. The molecule has 8 nitrogen and oxygen atoms in total. The Hall–Kier alpha value is -4.15. The van der Waals surface area contributed by atoms with E-state index < -0.39 is 35.8 Å². The Kier molecular flexibility index (Phi) is 7.61. The van der Waals surface area contributed by atoms with Gasteiger partial charge >= 0.3 is 12.1 Å². The first-order valence-electron chi connectivity index (χ1n) is 11.6. The molecule has 2 unspecified atom stereocenters. The molecule has 2 atom stereocenters. The van der Waals surface area contributed by atoms with Crippen molar-refractivity contribution in [2.75, 3.05) is 5.06 Å². The molecule has 2 aromatic carbocycles. The lowest BCUT2D eigenvalue weighted by molar-refractivity contribution is -0.202. The van der Waals surface area contributed by atoms with Gasteiger partial charge in [-0.2, -0.15) is 13.2 Å². The summed E-state index contributed by atoms with van der Waals surface area (Å²) in [6, 6.07) is 14.9. The highest BCUT2D eigenvalue weighted by Gasteiger charge is 2.45. The number of amides is 2. The SMILES string of the molecule is NC(=O)C1CCCCC1C(=O)N(OC(=O)C(F)(F)F)c1ccc(COc2ccc3ncccc3c2)cc1. The summed E-state index contributed by atoms with van der Waals surface area (Å²) in [6.07, 6.45) is -1.83. The molecule has 37 heavy (non-hydrogen) atoms. The van der Waals surface area contributed by atoms with E-state index in [0.717, 1.165) is 10.9 Å². The molecule has 4 rings (SSSR count). The largest absolute Gasteiger partial charge is 0.493 e. The van der Waals surface area contributed by atoms with Crippen LogP contribution in [0.1, 0.15) is 31.2 Å². The van der Waals surface area contributed by atoms with Gasteiger partial charge in [-0.05, 0) is 54.8 Å². The minimum Gasteiger partial charge on any atom is -0.489 e. The molecule has 0 aliphatic heterocycles. The molecule has 0 radical (unpaired) electrons. The Morgan fingerprint density at radius 1 is 1.00 bits per heavy atom. The van der Waals surface area contributed by atoms with Crippen LogP contribution in [-0.2, 0) is 25.8 Å². The second-order valence-corrected chi connectivity index (χ2v) is 8.72. The Labute approximate surface area is 210 Å². The molecule has 1 aliphatic carbocycles. The van der Waals surface area contributed by atoms with Gasteiger partial charge in [0.1, 0.15) is 12.4 Å². The number of carbonyl (C=O) groups excluding carboxylic acids is 3. The maximum Gasteiger partial charge on any atom is 0.493 e. The molecule has 1 fully saturated rings. The maximum atomic E-state index is 13.2. The number of hydroxylamine groups is 1. The Morgan fingerprint density at radius 2 is 1.70 bits per heavy atom. The minimum absolute atomic E-state index is 0.100. The van der Waals surface area contributed by atoms with Gasteiger partial charge < -0.3 is 15.3 Å². The van der Waals surface area contributed by atoms with Crippen molar-refractivity contribution >= 4 is 34.4 Å². The maximum absolute atomic E-state index is 13.2. The third kappa shape index (κ3) is 6.16. The molecule has 1 aliphatic rings. The first kappa shape index (κ1) is 25.9. The number of fused-ring (bicyclic) bond motifs is 1. The number of alkyl halides is 3. The number of carbonyl (C=O) groups is 3. The highest BCUT2D eigenvalue weighted by Crippen LogP contribution is 2.33. The number of hydrogen-bond donors (Lipinski definition) is 1. The van der Waals surface area contributed by atoms with E-state index in [1.807, 2.05) is 24.3 Å². The van der Waals surface area contributed by atoms with Crippen LogP contribution in [0.2, 0.25) is 0 Å². The lowest BCUT2D eigenvalue weighted by Crippen LogP contribution is -2.46. The highest BCUT2D eigenvalue weighted by atomic mass is 19.4. The van der Waals surface area contributed by atoms with Gasteiger partial charge in [0.2, 0.25) is 5.91 Å². The summed E-state index contributed by atoms with van der Waals surface area (Å²) in [5, 5.41) is 1.20. The summed E-state index contributed by atoms with van der Waals surface area (Å²) in [6.45, 7) is 0.134. The van der Waals surface area contributed by atoms with Crippen molar-refractivity contribution < 1.29 is 37.1 Å². The van der Waals surface area contributed by atoms with Crippen molar-refractivity contribution in [1.29, 1.82) is 0 Å². The molecule has 3 aromatic rings. The van der Waals surface area contributed by atoms with E-state index in [0.29, 0.717) is 35.6 Å². The van der Waals surface area contributed by atoms with E-state index >= 15 is 0 Å². The Balaban J connectivity index is 1.52. The molecular formula is C26H24F3N3O5. The van der Waals surface area contributed by atoms with Gasteiger partial charge in [-0.15, -0.1) is 5.06 Å². The predicted octanol–water partition coefficient (Wildman–Crippen LogP) is 4.46. The van der Waals surface area contributed by atoms with Crippen LogP contribution in [0.15, 0.2) is 60.8 Å². The second kappa shape index (κ2) is 10.9. The Morgan fingerprint density at radius 3 is 2.38 bits per heavy atom. The molecule has 194 valence electrons. The van der Waals surface area contributed by atoms with Gasteiger partial charge in [0.25, 0.3) is 5.91 Å². The normalized spacial score (nSPS) is 17.7. The van der Waals surface area contributed by atoms with Crippen LogP contribution < -0.4 is 15.5 Å². The van der Waals surface area contributed by atoms with Gasteiger partial charge in [0, 0.05) is 17.5 Å². The first-order chi connectivity index (χ1) is 17.6. The van der Waals surface area contributed by atoms with Crippen LogP contribution >= 0.6 is 0 Å². The third-order valence-electron chi connectivity index (χ3n) is 6.21. The zero-order valence-corrected chi connectivity index (χ0v) is 19.6. The molecule has 0 spiro atoms. The predicted molar refractivity (Wildman–Crippen MR) is 127 cm³/mol. The summed E-state index contributed by atoms with van der Waals surface area (Å²) in [5.74, 6) is -5.48. The fraction of sp³-hybridized carbons (Fsp3) is 0.308. The van der Waals surface area contributed by atoms with Crippen molar-refractivity contribution in [3.63, 3.8) is 0 Å². The van der Waals surface area contributed by atoms with Crippen molar-refractivity contribution in [3.05, 3.63) is 66.4 Å². The topological polar surface area (TPSA) is 112 Å². The summed E-state index contributed by atoms with van der Waals surface area (Å²) in [4.78, 5) is 45.4. The van der Waals surface area contributed by atoms with Crippen molar-refractivity contribution in [1.82, 2.24) is 4.98 Å². The molecule has 2 amide bonds. The summed E-state index contributed by atoms with van der Waals surface area (Å²) < 4.78 is 44.7. The molecule has 1 aromatic heterocycles. The number of ether oxygens (including phenoxy) is 1. The number of halogens is 3. The number of aromatic nitrogens is 1. The van der Waals surface area contributed by atoms with Crippen LogP contribution in [0.5, 0.6) is 5.75 Å². The van der Waals surface area contributed by atoms with E-state index in [1.54, 1.807) is 12.3 Å². The van der Waals surface area contributed by atoms with Crippen molar-refractivity contribution in [2.24, 2.45) is 17.6 Å². The average molecular weight is 515 g/mol. The van der Waals surface area contributed by atoms with Crippen molar-refractivity contribution in [2.45, 2.75) is 38.5 Å². The van der Waals surface area contributed by atoms with E-state index in [-0.39, 0.29) is 18.7 Å². The zero-order valence-electron chi connectivity index (χ0n) is 19.6. The molecule has 0 bridgehead atoms. The Bertz CT molecular complexity index is 1300. The number of rotatable bonds is 6. The number of nitrogens with two attached hydrogens (primary N) is 1. The van der Waals surface area contributed by atoms with E-state index in [1.165, 1.54) is 24.3 Å². The number of hydrogen-bond acceptors (Lipinski definition) is 6. The zero-order chi connectivity index (χ0) is 26.6. The van der Waals surface area contributed by atoms with Crippen LogP contribution in [0.3, 0.4) is 0 Å². The number of benzene rings is 2. The summed E-state index contributed by atoms with van der Waals surface area (Å²) in [7, 11) is 0. The van der Waals surface area contributed by atoms with E-state index in [9.17, 15) is 27.6 Å². The summed E-state index contributed by atoms with van der Waals surface area (Å²) in [5.41, 5.74) is 6.79. The van der Waals surface area contributed by atoms with Crippen LogP contribution in [0.4, 0.5) is 18.9 Å². The fourth-order valence-corrected chi connectivity index (χ4v) is 4.31. The highest BCUT2D eigenvalue weighted by molar-refractivity contribution is 5.98. The first-order valence-corrected chi connectivity index (χ1v) is 11.6. The molecular weight excluding hydrogens is 491 g/mol. The van der Waals surface area contributed by atoms with Crippen LogP contribution in [-0.4, -0.2) is 28.9 Å². The minimum atomic E-state index is -5.32. The van der Waals surface area contributed by atoms with Crippen LogP contribution in [0, 0.1) is 11.8 Å². The molecule has 1 saturated carbocycles. The quantitative estimate of drug-likeness (QED) is 0.485. The third-order valence-corrected chi connectivity index (χ3v) is 6.21. The lowest BCUT2D eigenvalue weighted by atomic mass is 9.78. The number of pyridine rings is 1. The number of nitrogens with zero attached hydrogens (tertiary/aromatic N) is 2. The smallest absolute Gasteiger partial charge is 0.489 e. The van der Waals surface area contributed by atoms with Gasteiger partial charge in [-0.1, -0.05) is 31.0 Å². The molecule has 1 heterocycles. The molecule has 11 heteroatoms. The fourth-order valence-electron chi connectivity index (χ4n) is 4.31. The van der Waals surface area contributed by atoms with Gasteiger partial charge in [-0.3, -0.25) is 14.6 Å².